The number of fused-ring (bicyclic) bond motifs is 2. The Morgan fingerprint density at radius 3 is 2.91 bits per heavy atom. The quantitative estimate of drug-likeness (QED) is 0.420. The maximum absolute atomic E-state index is 11.3. The van der Waals surface area contributed by atoms with Gasteiger partial charge in [0, 0.05) is 0 Å². The Morgan fingerprint density at radius 1 is 1.73 bits per heavy atom. The van der Waals surface area contributed by atoms with Crippen molar-refractivity contribution < 1.29 is 9.53 Å². The van der Waals surface area contributed by atoms with Crippen LogP contribution in [0.3, 0.4) is 0 Å². The van der Waals surface area contributed by atoms with E-state index in [4.69, 9.17) is 4.74 Å². The first-order valence-corrected chi connectivity index (χ1v) is 4.05. The lowest BCUT2D eigenvalue weighted by Crippen LogP contribution is -2.25. The topological polar surface area (TPSA) is 26.3 Å². The molecule has 2 rings (SSSR count). The molecule has 0 aromatic rings. The molecular weight excluding hydrogens is 140 g/mol. The molecule has 2 unspecified atom stereocenters. The summed E-state index contributed by atoms with van der Waals surface area (Å²) in [5.74, 6) is 0.600. The highest BCUT2D eigenvalue weighted by molar-refractivity contribution is 5.80. The van der Waals surface area contributed by atoms with Gasteiger partial charge in [0.25, 0.3) is 0 Å². The van der Waals surface area contributed by atoms with Crippen molar-refractivity contribution in [2.45, 2.75) is 19.3 Å². The van der Waals surface area contributed by atoms with Crippen molar-refractivity contribution in [1.29, 1.82) is 0 Å². The number of rotatable bonds is 1. The van der Waals surface area contributed by atoms with E-state index in [0.29, 0.717) is 5.92 Å². The van der Waals surface area contributed by atoms with Crippen molar-refractivity contribution in [2.24, 2.45) is 11.3 Å². The Morgan fingerprint density at radius 2 is 2.55 bits per heavy atom. The number of hydrogen-bond acceptors (Lipinski definition) is 2. The normalized spacial score (nSPS) is 39.5. The fourth-order valence-corrected chi connectivity index (χ4v) is 2.21. The van der Waals surface area contributed by atoms with Gasteiger partial charge in [-0.25, -0.2) is 0 Å². The van der Waals surface area contributed by atoms with E-state index in [2.05, 4.69) is 6.08 Å². The van der Waals surface area contributed by atoms with Crippen molar-refractivity contribution in [3.63, 3.8) is 0 Å². The molecule has 2 nitrogen and oxygen atoms in total. The van der Waals surface area contributed by atoms with Gasteiger partial charge in [0.15, 0.2) is 0 Å². The molecule has 1 saturated carbocycles. The second-order valence-electron chi connectivity index (χ2n) is 3.51. The van der Waals surface area contributed by atoms with E-state index in [1.807, 2.05) is 6.08 Å². The number of hydrogen-bond donors (Lipinski definition) is 0. The van der Waals surface area contributed by atoms with Gasteiger partial charge in [0.2, 0.25) is 0 Å². The fraction of sp³-hybridized carbons (Fsp3) is 0.667. The molecule has 0 heterocycles. The van der Waals surface area contributed by atoms with Gasteiger partial charge < -0.3 is 4.74 Å². The molecule has 2 atom stereocenters. The zero-order chi connectivity index (χ0) is 7.90. The second kappa shape index (κ2) is 2.10. The summed E-state index contributed by atoms with van der Waals surface area (Å²) in [7, 11) is 1.47. The smallest absolute Gasteiger partial charge is 0.315 e. The summed E-state index contributed by atoms with van der Waals surface area (Å²) >= 11 is 0. The maximum Gasteiger partial charge on any atom is 0.315 e. The Balaban J connectivity index is 2.23. The highest BCUT2D eigenvalue weighted by Crippen LogP contribution is 2.49. The summed E-state index contributed by atoms with van der Waals surface area (Å²) in [6, 6.07) is 0. The molecule has 2 heteroatoms. The number of ether oxygens (including phenoxy) is 1. The molecule has 0 aliphatic heterocycles. The van der Waals surface area contributed by atoms with Crippen LogP contribution in [0, 0.1) is 11.3 Å². The predicted molar refractivity (Wildman–Crippen MR) is 40.9 cm³/mol. The standard InChI is InChI=1S/C9H12O2/c1-11-8(10)9-4-2-7(6-9)3-5-9/h2,4,7H,3,5-6H2,1H3. The minimum Gasteiger partial charge on any atom is -0.468 e. The summed E-state index contributed by atoms with van der Waals surface area (Å²) in [5.41, 5.74) is -0.223. The zero-order valence-electron chi connectivity index (χ0n) is 6.67. The predicted octanol–water partition coefficient (Wildman–Crippen LogP) is 1.52. The monoisotopic (exact) mass is 152 g/mol. The first-order chi connectivity index (χ1) is 5.27. The lowest BCUT2D eigenvalue weighted by atomic mass is 9.88. The number of allylic oxidation sites excluding steroid dienone is 1. The van der Waals surface area contributed by atoms with Gasteiger partial charge in [-0.05, 0) is 25.2 Å². The van der Waals surface area contributed by atoms with Gasteiger partial charge in [0.05, 0.1) is 12.5 Å². The van der Waals surface area contributed by atoms with E-state index in [1.54, 1.807) is 0 Å². The van der Waals surface area contributed by atoms with Crippen molar-refractivity contribution in [3.05, 3.63) is 12.2 Å². The molecule has 60 valence electrons. The molecule has 0 N–H and O–H groups in total. The van der Waals surface area contributed by atoms with Crippen LogP contribution in [0.1, 0.15) is 19.3 Å². The van der Waals surface area contributed by atoms with Crippen molar-refractivity contribution in [3.8, 4) is 0 Å². The van der Waals surface area contributed by atoms with E-state index < -0.39 is 0 Å². The third kappa shape index (κ3) is 0.817. The number of esters is 1. The minimum atomic E-state index is -0.223. The molecule has 1 fully saturated rings. The van der Waals surface area contributed by atoms with Gasteiger partial charge in [-0.2, -0.15) is 0 Å². The van der Waals surface area contributed by atoms with Gasteiger partial charge in [-0.3, -0.25) is 4.79 Å². The van der Waals surface area contributed by atoms with Gasteiger partial charge >= 0.3 is 5.97 Å². The Bertz CT molecular complexity index is 220. The molecule has 0 aromatic heterocycles. The Kier molecular flexibility index (Phi) is 1.31. The van der Waals surface area contributed by atoms with Crippen LogP contribution in [-0.4, -0.2) is 13.1 Å². The molecule has 0 radical (unpaired) electrons. The maximum atomic E-state index is 11.3. The van der Waals surface area contributed by atoms with Crippen LogP contribution in [-0.2, 0) is 9.53 Å². The molecular formula is C9H12O2. The van der Waals surface area contributed by atoms with Crippen LogP contribution in [0.4, 0.5) is 0 Å². The molecule has 11 heavy (non-hydrogen) atoms. The SMILES string of the molecule is COC(=O)C12C=CC(CC1)C2. The summed E-state index contributed by atoms with van der Waals surface area (Å²) < 4.78 is 4.76. The fourth-order valence-electron chi connectivity index (χ4n) is 2.21. The van der Waals surface area contributed by atoms with Crippen molar-refractivity contribution >= 4 is 5.97 Å². The van der Waals surface area contributed by atoms with Crippen LogP contribution in [0.25, 0.3) is 0 Å². The summed E-state index contributed by atoms with van der Waals surface area (Å²) in [5, 5.41) is 0. The molecule has 0 spiro atoms. The van der Waals surface area contributed by atoms with Gasteiger partial charge in [0.1, 0.15) is 0 Å². The highest BCUT2D eigenvalue weighted by atomic mass is 16.5. The molecule has 0 saturated heterocycles. The van der Waals surface area contributed by atoms with Crippen LogP contribution >= 0.6 is 0 Å². The van der Waals surface area contributed by atoms with Gasteiger partial charge in [-0.15, -0.1) is 0 Å². The third-order valence-corrected chi connectivity index (χ3v) is 2.87. The number of carbonyl (C=O) groups excluding carboxylic acids is 1. The zero-order valence-corrected chi connectivity index (χ0v) is 6.67. The Hall–Kier alpha value is -0.790. The number of carbonyl (C=O) groups is 1. The lowest BCUT2D eigenvalue weighted by Gasteiger charge is -2.19. The lowest BCUT2D eigenvalue weighted by molar-refractivity contribution is -0.149. The minimum absolute atomic E-state index is 0.0475. The van der Waals surface area contributed by atoms with Crippen LogP contribution in [0.5, 0.6) is 0 Å². The summed E-state index contributed by atoms with van der Waals surface area (Å²) in [6.45, 7) is 0. The Labute approximate surface area is 66.2 Å². The van der Waals surface area contributed by atoms with E-state index in [-0.39, 0.29) is 11.4 Å². The third-order valence-electron chi connectivity index (χ3n) is 2.87. The van der Waals surface area contributed by atoms with E-state index in [0.717, 1.165) is 19.3 Å². The largest absolute Gasteiger partial charge is 0.468 e. The van der Waals surface area contributed by atoms with Crippen LogP contribution < -0.4 is 0 Å². The second-order valence-corrected chi connectivity index (χ2v) is 3.51. The highest BCUT2D eigenvalue weighted by Gasteiger charge is 2.47. The molecule has 0 aromatic carbocycles. The summed E-state index contributed by atoms with van der Waals surface area (Å²) in [6.07, 6.45) is 7.32. The van der Waals surface area contributed by atoms with Crippen molar-refractivity contribution in [1.82, 2.24) is 0 Å². The number of methoxy groups -OCH3 is 1. The summed E-state index contributed by atoms with van der Waals surface area (Å²) in [4.78, 5) is 11.3. The van der Waals surface area contributed by atoms with E-state index >= 15 is 0 Å². The molecule has 2 aliphatic rings. The van der Waals surface area contributed by atoms with E-state index in [9.17, 15) is 4.79 Å². The van der Waals surface area contributed by atoms with Crippen molar-refractivity contribution in [2.75, 3.05) is 7.11 Å². The van der Waals surface area contributed by atoms with Crippen LogP contribution in [0.15, 0.2) is 12.2 Å². The van der Waals surface area contributed by atoms with E-state index in [1.165, 1.54) is 7.11 Å². The average molecular weight is 152 g/mol. The first kappa shape index (κ1) is 6.89. The first-order valence-electron chi connectivity index (χ1n) is 4.05. The van der Waals surface area contributed by atoms with Gasteiger partial charge in [-0.1, -0.05) is 12.2 Å². The molecule has 0 amide bonds. The molecule has 2 bridgehead atoms. The van der Waals surface area contributed by atoms with Crippen LogP contribution in [0.2, 0.25) is 0 Å². The average Bonchev–Trinajstić information content (AvgIpc) is 2.62. The molecule has 2 aliphatic carbocycles.